The SMILES string of the molecule is OC1=C2C=CC(=N2)C(O)=C2C=C(c3ccccc3)C(=N2)C(O)=C2C=CC(=N2)C(O)=C2C=CC1=N2. The predicted molar refractivity (Wildman–Crippen MR) is 130 cm³/mol. The largest absolute Gasteiger partial charge is 0.504 e. The van der Waals surface area contributed by atoms with E-state index >= 15 is 0 Å². The smallest absolute Gasteiger partial charge is 0.167 e. The highest BCUT2D eigenvalue weighted by Gasteiger charge is 2.28. The summed E-state index contributed by atoms with van der Waals surface area (Å²) in [5, 5.41) is 43.4. The molecule has 1 aromatic rings. The molecule has 0 unspecified atom stereocenters. The molecule has 0 aliphatic carbocycles. The maximum atomic E-state index is 11.1. The van der Waals surface area contributed by atoms with Gasteiger partial charge in [-0.1, -0.05) is 30.3 Å². The molecule has 4 N–H and O–H groups in total. The number of allylic oxidation sites excluding steroid dienone is 8. The standard InChI is InChI=1S/C26H16N4O4/c31-23-15-6-7-16(27-15)24(32)18-10-11-20(29-18)26(34)22-14(13-4-2-1-3-5-13)12-21(30-22)25(33)19-9-8-17(23)28-19/h1-12,31-34H. The van der Waals surface area contributed by atoms with Crippen LogP contribution in [0.4, 0.5) is 0 Å². The van der Waals surface area contributed by atoms with Gasteiger partial charge in [0.1, 0.15) is 45.6 Å². The molecule has 0 spiro atoms. The molecule has 8 heteroatoms. The molecule has 8 nitrogen and oxygen atoms in total. The van der Waals surface area contributed by atoms with Crippen LogP contribution in [-0.4, -0.2) is 43.3 Å². The Morgan fingerprint density at radius 3 is 1.47 bits per heavy atom. The third-order valence-electron chi connectivity index (χ3n) is 5.70. The molecule has 5 aliphatic rings. The third-order valence-corrected chi connectivity index (χ3v) is 5.70. The Balaban J connectivity index is 1.62. The van der Waals surface area contributed by atoms with Crippen molar-refractivity contribution < 1.29 is 20.4 Å². The lowest BCUT2D eigenvalue weighted by molar-refractivity contribution is 0.434. The average molecular weight is 448 g/mol. The lowest BCUT2D eigenvalue weighted by Gasteiger charge is -2.07. The van der Waals surface area contributed by atoms with Crippen LogP contribution in [-0.2, 0) is 0 Å². The van der Waals surface area contributed by atoms with Gasteiger partial charge in [-0.25, -0.2) is 20.0 Å². The Bertz CT molecular complexity index is 1550. The van der Waals surface area contributed by atoms with Crippen LogP contribution in [0.1, 0.15) is 5.56 Å². The van der Waals surface area contributed by atoms with Gasteiger partial charge in [-0.15, -0.1) is 0 Å². The van der Waals surface area contributed by atoms with Gasteiger partial charge in [0, 0.05) is 5.57 Å². The molecule has 5 aliphatic heterocycles. The van der Waals surface area contributed by atoms with Gasteiger partial charge in [-0.3, -0.25) is 0 Å². The van der Waals surface area contributed by atoms with Crippen molar-refractivity contribution in [2.75, 3.05) is 0 Å². The van der Waals surface area contributed by atoms with Crippen LogP contribution in [0.15, 0.2) is 139 Å². The highest BCUT2D eigenvalue weighted by molar-refractivity contribution is 6.34. The van der Waals surface area contributed by atoms with E-state index in [1.54, 1.807) is 42.5 Å². The summed E-state index contributed by atoms with van der Waals surface area (Å²) in [6, 6.07) is 9.33. The Morgan fingerprint density at radius 2 is 0.941 bits per heavy atom. The maximum Gasteiger partial charge on any atom is 0.167 e. The van der Waals surface area contributed by atoms with Gasteiger partial charge >= 0.3 is 0 Å². The minimum Gasteiger partial charge on any atom is -0.504 e. The molecule has 0 atom stereocenters. The van der Waals surface area contributed by atoms with Crippen LogP contribution < -0.4 is 0 Å². The molecular formula is C26H16N4O4. The Hall–Kier alpha value is -4.98. The Labute approximate surface area is 193 Å². The molecule has 8 bridgehead atoms. The molecule has 6 rings (SSSR count). The summed E-state index contributed by atoms with van der Waals surface area (Å²) in [6.45, 7) is 0. The van der Waals surface area contributed by atoms with Gasteiger partial charge in [-0.05, 0) is 48.1 Å². The van der Waals surface area contributed by atoms with Crippen molar-refractivity contribution >= 4 is 28.4 Å². The molecule has 0 saturated heterocycles. The van der Waals surface area contributed by atoms with Crippen molar-refractivity contribution in [1.29, 1.82) is 0 Å². The zero-order valence-corrected chi connectivity index (χ0v) is 17.5. The molecule has 0 amide bonds. The number of aliphatic hydroxyl groups excluding tert-OH is 4. The molecule has 0 radical (unpaired) electrons. The average Bonchev–Trinajstić information content (AvgIpc) is 3.68. The number of hydrogen-bond donors (Lipinski definition) is 4. The van der Waals surface area contributed by atoms with Crippen LogP contribution in [0.5, 0.6) is 0 Å². The monoisotopic (exact) mass is 448 g/mol. The second-order valence-corrected chi connectivity index (χ2v) is 7.81. The maximum absolute atomic E-state index is 11.1. The van der Waals surface area contributed by atoms with Crippen LogP contribution in [0.3, 0.4) is 0 Å². The quantitative estimate of drug-likeness (QED) is 0.498. The van der Waals surface area contributed by atoms with Crippen LogP contribution >= 0.6 is 0 Å². The van der Waals surface area contributed by atoms with E-state index in [2.05, 4.69) is 20.0 Å². The first-order valence-corrected chi connectivity index (χ1v) is 10.4. The van der Waals surface area contributed by atoms with E-state index in [1.807, 2.05) is 30.3 Å². The summed E-state index contributed by atoms with van der Waals surface area (Å²) in [4.78, 5) is 17.4. The van der Waals surface area contributed by atoms with Crippen molar-refractivity contribution in [3.63, 3.8) is 0 Å². The molecule has 0 aromatic heterocycles. The van der Waals surface area contributed by atoms with Gasteiger partial charge < -0.3 is 20.4 Å². The van der Waals surface area contributed by atoms with E-state index in [9.17, 15) is 20.4 Å². The Morgan fingerprint density at radius 1 is 0.471 bits per heavy atom. The third kappa shape index (κ3) is 3.01. The zero-order valence-electron chi connectivity index (χ0n) is 17.5. The minimum absolute atomic E-state index is 0.199. The summed E-state index contributed by atoms with van der Waals surface area (Å²) in [5.74, 6) is -0.816. The van der Waals surface area contributed by atoms with Crippen LogP contribution in [0.2, 0.25) is 0 Å². The van der Waals surface area contributed by atoms with E-state index in [-0.39, 0.29) is 68.7 Å². The van der Waals surface area contributed by atoms with Gasteiger partial charge in [0.15, 0.2) is 23.0 Å². The second kappa shape index (κ2) is 7.28. The second-order valence-electron chi connectivity index (χ2n) is 7.81. The predicted octanol–water partition coefficient (Wildman–Crippen LogP) is 4.65. The van der Waals surface area contributed by atoms with Gasteiger partial charge in [-0.2, -0.15) is 0 Å². The van der Waals surface area contributed by atoms with E-state index < -0.39 is 0 Å². The number of hydrogen-bond acceptors (Lipinski definition) is 8. The number of aliphatic hydroxyl groups is 4. The summed E-state index contributed by atoms with van der Waals surface area (Å²) in [6.07, 6.45) is 11.0. The summed E-state index contributed by atoms with van der Waals surface area (Å²) < 4.78 is 0. The normalized spacial score (nSPS) is 20.9. The van der Waals surface area contributed by atoms with Crippen LogP contribution in [0.25, 0.3) is 5.57 Å². The molecule has 164 valence electrons. The fraction of sp³-hybridized carbons (Fsp3) is 0. The van der Waals surface area contributed by atoms with Crippen molar-refractivity contribution in [2.45, 2.75) is 0 Å². The first-order valence-electron chi connectivity index (χ1n) is 10.4. The van der Waals surface area contributed by atoms with Crippen molar-refractivity contribution in [3.8, 4) is 0 Å². The van der Waals surface area contributed by atoms with E-state index in [1.165, 1.54) is 0 Å². The number of rotatable bonds is 1. The number of nitrogens with zero attached hydrogens (tertiary/aromatic N) is 4. The fourth-order valence-electron chi connectivity index (χ4n) is 3.95. The minimum atomic E-state index is -0.208. The Kier molecular flexibility index (Phi) is 4.21. The number of aliphatic imine (C=N–C) groups is 4. The molecule has 34 heavy (non-hydrogen) atoms. The molecule has 1 aromatic carbocycles. The van der Waals surface area contributed by atoms with E-state index in [0.717, 1.165) is 5.56 Å². The summed E-state index contributed by atoms with van der Waals surface area (Å²) in [5.41, 5.74) is 3.01. The highest BCUT2D eigenvalue weighted by Crippen LogP contribution is 2.33. The van der Waals surface area contributed by atoms with Crippen molar-refractivity contribution in [2.24, 2.45) is 20.0 Å². The molecule has 0 saturated carbocycles. The van der Waals surface area contributed by atoms with E-state index in [0.29, 0.717) is 5.57 Å². The highest BCUT2D eigenvalue weighted by atomic mass is 16.3. The summed E-state index contributed by atoms with van der Waals surface area (Å²) >= 11 is 0. The van der Waals surface area contributed by atoms with E-state index in [4.69, 9.17) is 0 Å². The molecule has 0 fully saturated rings. The zero-order chi connectivity index (χ0) is 23.4. The first kappa shape index (κ1) is 19.7. The summed E-state index contributed by atoms with van der Waals surface area (Å²) in [7, 11) is 0. The number of fused-ring (bicyclic) bond motifs is 4. The molecular weight excluding hydrogens is 432 g/mol. The fourth-order valence-corrected chi connectivity index (χ4v) is 3.95. The van der Waals surface area contributed by atoms with Crippen LogP contribution in [0, 0.1) is 0 Å². The van der Waals surface area contributed by atoms with Gasteiger partial charge in [0.2, 0.25) is 0 Å². The first-order chi connectivity index (χ1) is 16.5. The number of benzene rings is 1. The topological polar surface area (TPSA) is 130 Å². The van der Waals surface area contributed by atoms with Crippen molar-refractivity contribution in [3.05, 3.63) is 124 Å². The van der Waals surface area contributed by atoms with Gasteiger partial charge in [0.25, 0.3) is 0 Å². The molecule has 5 heterocycles. The lowest BCUT2D eigenvalue weighted by Crippen LogP contribution is -2.06. The van der Waals surface area contributed by atoms with Gasteiger partial charge in [0.05, 0.1) is 0 Å². The van der Waals surface area contributed by atoms with Crippen molar-refractivity contribution in [1.82, 2.24) is 0 Å². The lowest BCUT2D eigenvalue weighted by atomic mass is 10.00.